The Morgan fingerprint density at radius 1 is 0.333 bits per heavy atom. The van der Waals surface area contributed by atoms with Gasteiger partial charge in [-0.2, -0.15) is 52.7 Å². The molecule has 0 aliphatic carbocycles. The summed E-state index contributed by atoms with van der Waals surface area (Å²) in [5.74, 6) is 0. The molecule has 0 saturated heterocycles. The second-order valence-electron chi connectivity index (χ2n) is 3.60. The van der Waals surface area contributed by atoms with Crippen LogP contribution in [0.25, 0.3) is 0 Å². The maximum absolute atomic E-state index is 10.7. The molecule has 0 aliphatic heterocycles. The average Bonchev–Trinajstić information content (AvgIpc) is 2.30. The summed E-state index contributed by atoms with van der Waals surface area (Å²) in [7, 11) is -24.4. The van der Waals surface area contributed by atoms with Gasteiger partial charge in [0.2, 0.25) is 0 Å². The Morgan fingerprint density at radius 3 is 0.364 bits per heavy atom. The van der Waals surface area contributed by atoms with Gasteiger partial charge in [-0.25, -0.2) is 33.7 Å². The molecule has 0 bridgehead atoms. The van der Waals surface area contributed by atoms with Crippen molar-refractivity contribution in [2.24, 2.45) is 0 Å². The van der Waals surface area contributed by atoms with Crippen LogP contribution in [-0.2, 0) is 40.5 Å². The van der Waals surface area contributed by atoms with Gasteiger partial charge in [-0.3, -0.25) is 0 Å². The summed E-state index contributed by atoms with van der Waals surface area (Å²) in [5, 5.41) is 0. The molecule has 0 aromatic rings. The fourth-order valence-corrected chi connectivity index (χ4v) is 0. The van der Waals surface area contributed by atoms with Crippen LogP contribution in [0.2, 0.25) is 0 Å². The normalized spacial score (nSPS) is 13.6. The average molecular weight is 715 g/mol. The van der Waals surface area contributed by atoms with Crippen LogP contribution < -0.4 is 0 Å². The molecule has 0 N–H and O–H groups in total. The second-order valence-corrected chi connectivity index (χ2v) is 9.08. The quantitative estimate of drug-likeness (QED) is 0.138. The number of halogens is 12. The minimum atomic E-state index is -6.09. The van der Waals surface area contributed by atoms with E-state index in [1.165, 1.54) is 0 Å². The topological polar surface area (TPSA) is 229 Å². The van der Waals surface area contributed by atoms with Gasteiger partial charge < -0.3 is 18.2 Å². The standard InChI is InChI=1S/4CHF3O3S.Sn/c4*2-1(3,4)8(5,6)7;/h4*(H,5,6,7);/q;;;;+4/p-4. The predicted octanol–water partition coefficient (Wildman–Crippen LogP) is -0.175. The van der Waals surface area contributed by atoms with E-state index in [1.807, 2.05) is 0 Å². The van der Waals surface area contributed by atoms with Crippen LogP contribution in [0.5, 0.6) is 0 Å². The van der Waals surface area contributed by atoms with E-state index >= 15 is 0 Å². The molecule has 200 valence electrons. The van der Waals surface area contributed by atoms with Crippen LogP contribution in [0.15, 0.2) is 0 Å². The first-order chi connectivity index (χ1) is 13.0. The minimum absolute atomic E-state index is 0. The van der Waals surface area contributed by atoms with Crippen molar-refractivity contribution in [3.8, 4) is 0 Å². The molecule has 0 radical (unpaired) electrons. The zero-order valence-corrected chi connectivity index (χ0v) is 19.7. The first-order valence-corrected chi connectivity index (χ1v) is 10.7. The first-order valence-electron chi connectivity index (χ1n) is 5.08. The summed E-state index contributed by atoms with van der Waals surface area (Å²) >= 11 is 0. The molecular formula is C4F12O12S4Sn. The van der Waals surface area contributed by atoms with E-state index in [0.29, 0.717) is 0 Å². The molecule has 0 fully saturated rings. The SMILES string of the molecule is O=S(=O)([O-])C(F)(F)F.O=S(=O)([O-])C(F)(F)F.O=S(=O)([O-])C(F)(F)F.O=S(=O)([O-])C(F)(F)F.[Sn+4]. The zero-order valence-electron chi connectivity index (χ0n) is 13.6. The van der Waals surface area contributed by atoms with Crippen LogP contribution in [0.3, 0.4) is 0 Å². The molecule has 33 heavy (non-hydrogen) atoms. The summed E-state index contributed by atoms with van der Waals surface area (Å²) in [6.45, 7) is 0. The Bertz CT molecular complexity index is 828. The summed E-state index contributed by atoms with van der Waals surface area (Å²) < 4.78 is 236. The Labute approximate surface area is 190 Å². The summed E-state index contributed by atoms with van der Waals surface area (Å²) in [4.78, 5) is 0. The summed E-state index contributed by atoms with van der Waals surface area (Å²) in [5.41, 5.74) is -22.6. The van der Waals surface area contributed by atoms with Gasteiger partial charge in [0.1, 0.15) is 0 Å². The predicted molar refractivity (Wildman–Crippen MR) is 68.8 cm³/mol. The molecule has 0 aromatic heterocycles. The molecule has 12 nitrogen and oxygen atoms in total. The van der Waals surface area contributed by atoms with E-state index < -0.39 is 62.5 Å². The van der Waals surface area contributed by atoms with Crippen molar-refractivity contribution in [2.75, 3.05) is 0 Å². The number of hydrogen-bond donors (Lipinski definition) is 0. The van der Waals surface area contributed by atoms with Gasteiger partial charge in [0.05, 0.1) is 0 Å². The number of alkyl halides is 12. The van der Waals surface area contributed by atoms with Crippen LogP contribution in [0, 0.1) is 0 Å². The van der Waals surface area contributed by atoms with E-state index in [2.05, 4.69) is 0 Å². The maximum Gasteiger partial charge on any atom is 4.00 e. The third-order valence-corrected chi connectivity index (χ3v) is 3.40. The Balaban J connectivity index is -0.000000105. The molecule has 0 atom stereocenters. The van der Waals surface area contributed by atoms with Gasteiger partial charge in [0, 0.05) is 0 Å². The molecule has 29 heteroatoms. The molecule has 0 rings (SSSR count). The van der Waals surface area contributed by atoms with E-state index in [1.54, 1.807) is 0 Å². The van der Waals surface area contributed by atoms with Crippen molar-refractivity contribution in [3.63, 3.8) is 0 Å². The first kappa shape index (κ1) is 42.7. The van der Waals surface area contributed by atoms with Gasteiger partial charge in [-0.1, -0.05) is 0 Å². The van der Waals surface area contributed by atoms with Crippen molar-refractivity contribution in [2.45, 2.75) is 22.0 Å². The van der Waals surface area contributed by atoms with Crippen molar-refractivity contribution in [1.82, 2.24) is 0 Å². The molecule has 0 aliphatic rings. The molecule has 0 saturated carbocycles. The van der Waals surface area contributed by atoms with Crippen molar-refractivity contribution in [3.05, 3.63) is 0 Å². The minimum Gasteiger partial charge on any atom is -0.741 e. The largest absolute Gasteiger partial charge is 4.00 e. The third-order valence-electron chi connectivity index (χ3n) is 1.13. The monoisotopic (exact) mass is 716 g/mol. The molecular weight excluding hydrogens is 715 g/mol. The van der Waals surface area contributed by atoms with Crippen molar-refractivity contribution >= 4 is 64.4 Å². The van der Waals surface area contributed by atoms with Crippen LogP contribution in [0.1, 0.15) is 0 Å². The number of hydrogen-bond acceptors (Lipinski definition) is 12. The van der Waals surface area contributed by atoms with Gasteiger partial charge in [-0.15, -0.1) is 0 Å². The summed E-state index contributed by atoms with van der Waals surface area (Å²) in [6.07, 6.45) is 0. The molecule has 0 spiro atoms. The third kappa shape index (κ3) is 21.8. The van der Waals surface area contributed by atoms with E-state index in [-0.39, 0.29) is 23.9 Å². The Hall–Kier alpha value is -0.401. The van der Waals surface area contributed by atoms with Gasteiger partial charge in [0.25, 0.3) is 0 Å². The van der Waals surface area contributed by atoms with Gasteiger partial charge in [0.15, 0.2) is 40.5 Å². The molecule has 0 heterocycles. The van der Waals surface area contributed by atoms with Crippen LogP contribution in [-0.4, -0.2) is 97.8 Å². The fourth-order valence-electron chi connectivity index (χ4n) is 0. The maximum atomic E-state index is 10.7. The molecule has 0 aromatic carbocycles. The van der Waals surface area contributed by atoms with Crippen LogP contribution in [0.4, 0.5) is 52.7 Å². The fraction of sp³-hybridized carbons (Fsp3) is 1.00. The van der Waals surface area contributed by atoms with Crippen molar-refractivity contribution < 1.29 is 105 Å². The van der Waals surface area contributed by atoms with E-state index in [0.717, 1.165) is 0 Å². The van der Waals surface area contributed by atoms with Crippen LogP contribution >= 0.6 is 0 Å². The second kappa shape index (κ2) is 13.1. The summed E-state index contributed by atoms with van der Waals surface area (Å²) in [6, 6.07) is 0. The van der Waals surface area contributed by atoms with E-state index in [9.17, 15) is 52.7 Å². The molecule has 0 unspecified atom stereocenters. The zero-order chi connectivity index (χ0) is 28.0. The Morgan fingerprint density at radius 2 is 0.364 bits per heavy atom. The smallest absolute Gasteiger partial charge is 0.741 e. The van der Waals surface area contributed by atoms with Gasteiger partial charge in [-0.05, 0) is 0 Å². The molecule has 0 amide bonds. The Kier molecular flexibility index (Phi) is 16.9. The van der Waals surface area contributed by atoms with Crippen molar-refractivity contribution in [1.29, 1.82) is 0 Å². The van der Waals surface area contributed by atoms with E-state index in [4.69, 9.17) is 51.9 Å². The number of rotatable bonds is 0. The van der Waals surface area contributed by atoms with Gasteiger partial charge >= 0.3 is 45.9 Å².